The summed E-state index contributed by atoms with van der Waals surface area (Å²) in [6, 6.07) is 14.7. The van der Waals surface area contributed by atoms with Crippen LogP contribution in [0.1, 0.15) is 30.0 Å². The van der Waals surface area contributed by atoms with Gasteiger partial charge in [-0.3, -0.25) is 4.79 Å². The number of nitrogens with zero attached hydrogens (tertiary/aromatic N) is 2. The Hall–Kier alpha value is -2.42. The summed E-state index contributed by atoms with van der Waals surface area (Å²) in [7, 11) is -0.547. The van der Waals surface area contributed by atoms with Crippen molar-refractivity contribution in [1.82, 2.24) is 14.5 Å². The quantitative estimate of drug-likeness (QED) is 0.625. The molecule has 8 heteroatoms. The first-order chi connectivity index (χ1) is 14.3. The van der Waals surface area contributed by atoms with E-state index in [1.165, 1.54) is 26.0 Å². The van der Waals surface area contributed by atoms with Crippen molar-refractivity contribution in [1.29, 1.82) is 0 Å². The number of para-hydroxylation sites is 1. The second-order valence-electron chi connectivity index (χ2n) is 7.65. The van der Waals surface area contributed by atoms with Crippen LogP contribution in [0.5, 0.6) is 0 Å². The number of likely N-dealkylation sites (tertiary alicyclic amines) is 1. The number of carbonyl (C=O) groups excluding carboxylic acids is 1. The van der Waals surface area contributed by atoms with Crippen LogP contribution in [-0.2, 0) is 21.2 Å². The molecule has 0 spiro atoms. The molecule has 1 atom stereocenters. The van der Waals surface area contributed by atoms with Gasteiger partial charge in [-0.1, -0.05) is 42.5 Å². The van der Waals surface area contributed by atoms with Crippen LogP contribution >= 0.6 is 0 Å². The molecule has 0 saturated carbocycles. The van der Waals surface area contributed by atoms with E-state index in [2.05, 4.69) is 9.62 Å². The van der Waals surface area contributed by atoms with Gasteiger partial charge in [0.2, 0.25) is 15.9 Å². The van der Waals surface area contributed by atoms with Crippen LogP contribution in [0.25, 0.3) is 0 Å². The number of sulfonamides is 1. The van der Waals surface area contributed by atoms with Gasteiger partial charge in [0.15, 0.2) is 0 Å². The lowest BCUT2D eigenvalue weighted by Gasteiger charge is -2.32. The van der Waals surface area contributed by atoms with E-state index in [9.17, 15) is 13.2 Å². The van der Waals surface area contributed by atoms with Gasteiger partial charge in [0, 0.05) is 13.6 Å². The average Bonchev–Trinajstić information content (AvgIpc) is 3.26. The van der Waals surface area contributed by atoms with Crippen LogP contribution in [0.15, 0.2) is 53.4 Å². The molecule has 3 N–H and O–H groups in total. The van der Waals surface area contributed by atoms with E-state index in [4.69, 9.17) is 5.73 Å². The van der Waals surface area contributed by atoms with E-state index in [0.717, 1.165) is 25.2 Å². The van der Waals surface area contributed by atoms with Crippen molar-refractivity contribution in [2.45, 2.75) is 30.2 Å². The lowest BCUT2D eigenvalue weighted by atomic mass is 10.0. The molecule has 162 valence electrons. The number of nitrogen functional groups attached to an aromatic ring is 1. The molecular formula is C22H30N4O3S. The number of hydrogen-bond acceptors (Lipinski definition) is 5. The van der Waals surface area contributed by atoms with Gasteiger partial charge >= 0.3 is 0 Å². The third kappa shape index (κ3) is 5.00. The van der Waals surface area contributed by atoms with Crippen LogP contribution in [0, 0.1) is 0 Å². The number of nitrogens with one attached hydrogen (secondary N) is 1. The van der Waals surface area contributed by atoms with Crippen molar-refractivity contribution in [3.8, 4) is 0 Å². The van der Waals surface area contributed by atoms with E-state index >= 15 is 0 Å². The van der Waals surface area contributed by atoms with E-state index in [1.54, 1.807) is 24.1 Å². The maximum Gasteiger partial charge on any atom is 0.242 e. The Balaban J connectivity index is 1.83. The fraction of sp³-hybridized carbons (Fsp3) is 0.409. The highest BCUT2D eigenvalue weighted by atomic mass is 32.2. The van der Waals surface area contributed by atoms with Gasteiger partial charge in [-0.2, -0.15) is 0 Å². The van der Waals surface area contributed by atoms with E-state index < -0.39 is 10.0 Å². The molecule has 7 nitrogen and oxygen atoms in total. The van der Waals surface area contributed by atoms with Gasteiger partial charge in [0.05, 0.1) is 18.2 Å². The number of carbonyl (C=O) groups is 1. The van der Waals surface area contributed by atoms with Gasteiger partial charge in [-0.25, -0.2) is 13.1 Å². The fourth-order valence-electron chi connectivity index (χ4n) is 3.89. The Morgan fingerprint density at radius 3 is 2.43 bits per heavy atom. The van der Waals surface area contributed by atoms with Gasteiger partial charge in [-0.15, -0.1) is 0 Å². The molecule has 0 bridgehead atoms. The van der Waals surface area contributed by atoms with Crippen molar-refractivity contribution in [3.63, 3.8) is 0 Å². The molecule has 1 aliphatic heterocycles. The summed E-state index contributed by atoms with van der Waals surface area (Å²) in [4.78, 5) is 17.3. The standard InChI is InChI=1S/C22H30N4O3S/c1-24-30(28,29)20-12-8-11-18(22(20)23)15-21(27)25(2)19(16-26-13-6-7-14-26)17-9-4-3-5-10-17/h3-5,8-12,19,24H,6-7,13-16,23H2,1-2H3/t19-/m1/s1. The number of hydrogen-bond donors (Lipinski definition) is 2. The Kier molecular flexibility index (Phi) is 7.12. The smallest absolute Gasteiger partial charge is 0.242 e. The summed E-state index contributed by atoms with van der Waals surface area (Å²) in [5, 5.41) is 0. The van der Waals surface area contributed by atoms with Gasteiger partial charge in [0.25, 0.3) is 0 Å². The zero-order valence-electron chi connectivity index (χ0n) is 17.5. The molecule has 0 aromatic heterocycles. The molecule has 1 aliphatic rings. The first-order valence-electron chi connectivity index (χ1n) is 10.2. The minimum atomic E-state index is -3.69. The topological polar surface area (TPSA) is 95.7 Å². The number of likely N-dealkylation sites (N-methyl/N-ethyl adjacent to an activating group) is 1. The zero-order chi connectivity index (χ0) is 21.7. The Bertz CT molecular complexity index is 973. The summed E-state index contributed by atoms with van der Waals surface area (Å²) >= 11 is 0. The lowest BCUT2D eigenvalue weighted by Crippen LogP contribution is -2.39. The van der Waals surface area contributed by atoms with Gasteiger partial charge in [-0.05, 0) is 50.2 Å². The predicted octanol–water partition coefficient (Wildman–Crippen LogP) is 2.01. The molecule has 1 amide bonds. The van der Waals surface area contributed by atoms with E-state index in [-0.39, 0.29) is 29.0 Å². The highest BCUT2D eigenvalue weighted by Crippen LogP contribution is 2.26. The predicted molar refractivity (Wildman–Crippen MR) is 118 cm³/mol. The van der Waals surface area contributed by atoms with Crippen molar-refractivity contribution in [2.24, 2.45) is 0 Å². The largest absolute Gasteiger partial charge is 0.397 e. The molecule has 3 rings (SSSR count). The van der Waals surface area contributed by atoms with Crippen molar-refractivity contribution in [2.75, 3.05) is 39.5 Å². The van der Waals surface area contributed by atoms with Crippen LogP contribution < -0.4 is 10.5 Å². The highest BCUT2D eigenvalue weighted by molar-refractivity contribution is 7.89. The SMILES string of the molecule is CNS(=O)(=O)c1cccc(CC(=O)N(C)[C@H](CN2CCCC2)c2ccccc2)c1N. The number of nitrogens with two attached hydrogens (primary N) is 1. The fourth-order valence-corrected chi connectivity index (χ4v) is 4.78. The average molecular weight is 431 g/mol. The number of rotatable bonds is 8. The summed E-state index contributed by atoms with van der Waals surface area (Å²) < 4.78 is 26.6. The molecule has 2 aromatic rings. The first-order valence-corrected chi connectivity index (χ1v) is 11.7. The normalized spacial score (nSPS) is 15.8. The van der Waals surface area contributed by atoms with Crippen LogP contribution in [-0.4, -0.2) is 57.9 Å². The molecule has 1 saturated heterocycles. The van der Waals surface area contributed by atoms with Gasteiger partial charge in [0.1, 0.15) is 4.90 Å². The first kappa shape index (κ1) is 22.3. The molecule has 1 heterocycles. The van der Waals surface area contributed by atoms with Crippen molar-refractivity contribution < 1.29 is 13.2 Å². The minimum Gasteiger partial charge on any atom is -0.397 e. The number of benzene rings is 2. The Morgan fingerprint density at radius 2 is 1.80 bits per heavy atom. The molecule has 0 radical (unpaired) electrons. The van der Waals surface area contributed by atoms with Crippen molar-refractivity contribution in [3.05, 3.63) is 59.7 Å². The van der Waals surface area contributed by atoms with Crippen LogP contribution in [0.3, 0.4) is 0 Å². The summed E-state index contributed by atoms with van der Waals surface area (Å²) in [6.07, 6.45) is 2.41. The van der Waals surface area contributed by atoms with Crippen LogP contribution in [0.2, 0.25) is 0 Å². The third-order valence-electron chi connectivity index (χ3n) is 5.73. The molecule has 1 fully saturated rings. The zero-order valence-corrected chi connectivity index (χ0v) is 18.4. The summed E-state index contributed by atoms with van der Waals surface area (Å²) in [5.41, 5.74) is 7.82. The van der Waals surface area contributed by atoms with E-state index in [1.807, 2.05) is 30.3 Å². The third-order valence-corrected chi connectivity index (χ3v) is 7.20. The molecular weight excluding hydrogens is 400 g/mol. The second-order valence-corrected chi connectivity index (χ2v) is 9.51. The van der Waals surface area contributed by atoms with Crippen molar-refractivity contribution >= 4 is 21.6 Å². The Morgan fingerprint density at radius 1 is 1.13 bits per heavy atom. The maximum absolute atomic E-state index is 13.2. The van der Waals surface area contributed by atoms with E-state index in [0.29, 0.717) is 5.56 Å². The highest BCUT2D eigenvalue weighted by Gasteiger charge is 2.26. The monoisotopic (exact) mass is 430 g/mol. The summed E-state index contributed by atoms with van der Waals surface area (Å²) in [6.45, 7) is 2.86. The molecule has 30 heavy (non-hydrogen) atoms. The lowest BCUT2D eigenvalue weighted by molar-refractivity contribution is -0.131. The number of anilines is 1. The second kappa shape index (κ2) is 9.59. The molecule has 0 unspecified atom stereocenters. The Labute approximate surface area is 178 Å². The maximum atomic E-state index is 13.2. The van der Waals surface area contributed by atoms with Crippen LogP contribution in [0.4, 0.5) is 5.69 Å². The minimum absolute atomic E-state index is 0.00497. The van der Waals surface area contributed by atoms with Gasteiger partial charge < -0.3 is 15.5 Å². The molecule has 0 aliphatic carbocycles. The molecule has 2 aromatic carbocycles. The summed E-state index contributed by atoms with van der Waals surface area (Å²) in [5.74, 6) is -0.103. The number of amides is 1.